The number of esters is 2. The Hall–Kier alpha value is -3.92. The quantitative estimate of drug-likeness (QED) is 0.498. The summed E-state index contributed by atoms with van der Waals surface area (Å²) in [6.45, 7) is 2.86. The van der Waals surface area contributed by atoms with Gasteiger partial charge in [-0.25, -0.2) is 14.3 Å². The summed E-state index contributed by atoms with van der Waals surface area (Å²) in [5.41, 5.74) is 4.49. The minimum absolute atomic E-state index is 0.149. The van der Waals surface area contributed by atoms with Crippen LogP contribution in [0.4, 0.5) is 10.6 Å². The molecule has 2 unspecified atom stereocenters. The van der Waals surface area contributed by atoms with Crippen LogP contribution in [-0.2, 0) is 38.9 Å². The summed E-state index contributed by atoms with van der Waals surface area (Å²) < 4.78 is 28.4. The molecular formula is C20H21N5O8. The molecule has 4 heterocycles. The molecule has 2 N–H and O–H groups in total. The second kappa shape index (κ2) is 8.55. The molecule has 4 atom stereocenters. The third-order valence-electron chi connectivity index (χ3n) is 5.19. The molecule has 0 aromatic carbocycles. The smallest absolute Gasteiger partial charge is 0.455 e. The van der Waals surface area contributed by atoms with Gasteiger partial charge >= 0.3 is 18.1 Å². The van der Waals surface area contributed by atoms with Crippen molar-refractivity contribution in [2.24, 2.45) is 0 Å². The summed E-state index contributed by atoms with van der Waals surface area (Å²) in [5, 5.41) is 14.4. The molecule has 33 heavy (non-hydrogen) atoms. The molecule has 174 valence electrons. The normalized spacial score (nSPS) is 27.2. The first-order valence-corrected chi connectivity index (χ1v) is 10.2. The Kier molecular flexibility index (Phi) is 5.77. The van der Waals surface area contributed by atoms with Gasteiger partial charge in [-0.05, 0) is 26.0 Å². The van der Waals surface area contributed by atoms with E-state index in [1.807, 2.05) is 6.07 Å². The first kappa shape index (κ1) is 22.3. The maximum atomic E-state index is 12.4. The van der Waals surface area contributed by atoms with Crippen molar-refractivity contribution in [3.63, 3.8) is 0 Å². The number of fused-ring (bicyclic) bond motifs is 2. The summed E-state index contributed by atoms with van der Waals surface area (Å²) in [6.07, 6.45) is -4.39. The zero-order chi connectivity index (χ0) is 23.8. The Morgan fingerprint density at radius 1 is 1.33 bits per heavy atom. The van der Waals surface area contributed by atoms with E-state index in [0.29, 0.717) is 5.52 Å². The van der Waals surface area contributed by atoms with Gasteiger partial charge in [-0.2, -0.15) is 10.4 Å². The largest absolute Gasteiger partial charge is 0.508 e. The average molecular weight is 459 g/mol. The summed E-state index contributed by atoms with van der Waals surface area (Å²) >= 11 is 0. The number of carbonyl (C=O) groups excluding carboxylic acids is 3. The highest BCUT2D eigenvalue weighted by Gasteiger charge is 2.63. The molecule has 0 aliphatic carbocycles. The fourth-order valence-corrected chi connectivity index (χ4v) is 3.80. The van der Waals surface area contributed by atoms with Gasteiger partial charge in [0.1, 0.15) is 30.6 Å². The minimum Gasteiger partial charge on any atom is -0.455 e. The molecule has 0 spiro atoms. The van der Waals surface area contributed by atoms with Crippen LogP contribution in [0.3, 0.4) is 0 Å². The van der Waals surface area contributed by atoms with E-state index in [9.17, 15) is 19.6 Å². The maximum absolute atomic E-state index is 12.4. The van der Waals surface area contributed by atoms with Crippen molar-refractivity contribution in [1.29, 1.82) is 5.26 Å². The second-order valence-electron chi connectivity index (χ2n) is 7.76. The molecule has 0 radical (unpaired) electrons. The molecular weight excluding hydrogens is 438 g/mol. The zero-order valence-corrected chi connectivity index (χ0v) is 17.8. The van der Waals surface area contributed by atoms with Crippen LogP contribution in [0.5, 0.6) is 0 Å². The Morgan fingerprint density at radius 2 is 2.06 bits per heavy atom. The van der Waals surface area contributed by atoms with Crippen LogP contribution >= 0.6 is 0 Å². The number of nitrogens with zero attached hydrogens (tertiary/aromatic N) is 4. The fourth-order valence-electron chi connectivity index (χ4n) is 3.80. The molecule has 0 amide bonds. The van der Waals surface area contributed by atoms with Crippen molar-refractivity contribution >= 4 is 29.4 Å². The highest BCUT2D eigenvalue weighted by atomic mass is 16.7. The van der Waals surface area contributed by atoms with E-state index in [2.05, 4.69) is 10.1 Å². The Bertz CT molecular complexity index is 1140. The predicted octanol–water partition coefficient (Wildman–Crippen LogP) is 0.608. The van der Waals surface area contributed by atoms with Gasteiger partial charge in [0.15, 0.2) is 18.0 Å². The van der Waals surface area contributed by atoms with Gasteiger partial charge in [0.2, 0.25) is 5.60 Å². The molecule has 2 aliphatic heterocycles. The topological polar surface area (TPSA) is 177 Å². The zero-order valence-electron chi connectivity index (χ0n) is 17.8. The predicted molar refractivity (Wildman–Crippen MR) is 106 cm³/mol. The number of aromatic nitrogens is 3. The Morgan fingerprint density at radius 3 is 2.76 bits per heavy atom. The Labute approximate surface area is 187 Å². The van der Waals surface area contributed by atoms with E-state index in [1.165, 1.54) is 16.9 Å². The third kappa shape index (κ3) is 4.00. The van der Waals surface area contributed by atoms with Crippen LogP contribution in [0.1, 0.15) is 32.4 Å². The molecule has 13 nitrogen and oxygen atoms in total. The molecule has 2 aliphatic rings. The molecule has 0 saturated carbocycles. The number of nitrogens with two attached hydrogens (primary N) is 1. The summed E-state index contributed by atoms with van der Waals surface area (Å²) in [4.78, 5) is 40.4. The van der Waals surface area contributed by atoms with Crippen molar-refractivity contribution < 1.29 is 38.1 Å². The monoisotopic (exact) mass is 459 g/mol. The van der Waals surface area contributed by atoms with Gasteiger partial charge in [-0.1, -0.05) is 0 Å². The third-order valence-corrected chi connectivity index (χ3v) is 5.19. The maximum Gasteiger partial charge on any atom is 0.508 e. The molecule has 2 aromatic rings. The van der Waals surface area contributed by atoms with Gasteiger partial charge in [0.05, 0.1) is 24.6 Å². The van der Waals surface area contributed by atoms with Gasteiger partial charge in [0.25, 0.3) is 0 Å². The molecule has 0 bridgehead atoms. The van der Waals surface area contributed by atoms with E-state index >= 15 is 0 Å². The van der Waals surface area contributed by atoms with E-state index in [4.69, 9.17) is 29.4 Å². The highest BCUT2D eigenvalue weighted by molar-refractivity contribution is 5.79. The van der Waals surface area contributed by atoms with Crippen LogP contribution in [-0.4, -0.2) is 63.7 Å². The van der Waals surface area contributed by atoms with Crippen LogP contribution < -0.4 is 5.73 Å². The lowest BCUT2D eigenvalue weighted by atomic mass is 9.91. The van der Waals surface area contributed by atoms with E-state index in [0.717, 1.165) is 0 Å². The van der Waals surface area contributed by atoms with Crippen molar-refractivity contribution in [3.8, 4) is 6.07 Å². The highest BCUT2D eigenvalue weighted by Crippen LogP contribution is 2.44. The number of ether oxygens (including phenoxy) is 5. The van der Waals surface area contributed by atoms with Gasteiger partial charge in [0, 0.05) is 0 Å². The van der Waals surface area contributed by atoms with Crippen molar-refractivity contribution in [2.75, 3.05) is 12.3 Å². The van der Waals surface area contributed by atoms with Crippen molar-refractivity contribution in [2.45, 2.75) is 56.7 Å². The molecule has 13 heteroatoms. The number of anilines is 1. The number of nitrogen functional groups attached to an aromatic ring is 1. The molecule has 2 saturated heterocycles. The van der Waals surface area contributed by atoms with E-state index in [-0.39, 0.29) is 24.4 Å². The fraction of sp³-hybridized carbons (Fsp3) is 0.500. The van der Waals surface area contributed by atoms with Crippen LogP contribution in [0.15, 0.2) is 18.5 Å². The summed E-state index contributed by atoms with van der Waals surface area (Å²) in [5.74, 6) is -1.24. The van der Waals surface area contributed by atoms with Gasteiger partial charge in [-0.15, -0.1) is 0 Å². The van der Waals surface area contributed by atoms with Gasteiger partial charge in [-0.3, -0.25) is 9.59 Å². The van der Waals surface area contributed by atoms with Crippen LogP contribution in [0.25, 0.3) is 5.52 Å². The second-order valence-corrected chi connectivity index (χ2v) is 7.76. The van der Waals surface area contributed by atoms with E-state index < -0.39 is 54.7 Å². The molecule has 4 rings (SSSR count). The summed E-state index contributed by atoms with van der Waals surface area (Å²) in [7, 11) is 0. The van der Waals surface area contributed by atoms with Crippen LogP contribution in [0, 0.1) is 11.3 Å². The minimum atomic E-state index is -1.96. The van der Waals surface area contributed by atoms with Crippen LogP contribution in [0.2, 0.25) is 0 Å². The SMILES string of the molecule is CC(C)OC(=O)OC[C@H]1O[C@@](C#N)(c2ccc3c(N)ncnn23)C2OC(=O)CCC(=O)OC21. The number of rotatable bonds is 4. The Balaban J connectivity index is 1.76. The van der Waals surface area contributed by atoms with Crippen molar-refractivity contribution in [1.82, 2.24) is 14.6 Å². The lowest BCUT2D eigenvalue weighted by Gasteiger charge is -2.29. The number of nitriles is 1. The first-order chi connectivity index (χ1) is 15.7. The number of hydrogen-bond acceptors (Lipinski definition) is 12. The number of carbonyl (C=O) groups is 3. The molecule has 2 fully saturated rings. The average Bonchev–Trinajstić information content (AvgIpc) is 3.31. The number of hydrogen-bond donors (Lipinski definition) is 1. The summed E-state index contributed by atoms with van der Waals surface area (Å²) in [6, 6.07) is 5.13. The first-order valence-electron chi connectivity index (χ1n) is 10.2. The van der Waals surface area contributed by atoms with Gasteiger partial charge < -0.3 is 29.4 Å². The van der Waals surface area contributed by atoms with E-state index in [1.54, 1.807) is 19.9 Å². The lowest BCUT2D eigenvalue weighted by molar-refractivity contribution is -0.176. The lowest BCUT2D eigenvalue weighted by Crippen LogP contribution is -2.47. The standard InChI is InChI=1S/C20H21N5O8/c1-10(2)30-19(28)29-7-12-16-17(32-15(27)6-5-14(26)31-16)20(8-21,33-12)13-4-3-11-18(22)23-9-24-25(11)13/h3-4,9-10,12,16-17H,5-7H2,1-2H3,(H2,22,23,24)/t12-,16?,17?,20+/m1/s1. The molecule has 2 aromatic heterocycles. The van der Waals surface area contributed by atoms with Crippen molar-refractivity contribution in [3.05, 3.63) is 24.2 Å².